The summed E-state index contributed by atoms with van der Waals surface area (Å²) in [5.41, 5.74) is 1.22. The fraction of sp³-hybridized carbons (Fsp3) is 0.571. The normalized spacial score (nSPS) is 15.6. The van der Waals surface area contributed by atoms with Crippen molar-refractivity contribution in [3.8, 4) is 5.75 Å². The lowest BCUT2D eigenvalue weighted by molar-refractivity contribution is 0.180. The molecule has 0 aliphatic heterocycles. The third kappa shape index (κ3) is 4.00. The Bertz CT molecular complexity index is 361. The average molecular weight is 299 g/mol. The van der Waals surface area contributed by atoms with E-state index in [4.69, 9.17) is 9.84 Å². The van der Waals surface area contributed by atoms with Gasteiger partial charge in [-0.05, 0) is 55.4 Å². The van der Waals surface area contributed by atoms with Crippen molar-refractivity contribution in [3.63, 3.8) is 0 Å². The Morgan fingerprint density at radius 1 is 1.29 bits per heavy atom. The first-order valence-corrected chi connectivity index (χ1v) is 7.10. The van der Waals surface area contributed by atoms with E-state index in [0.717, 1.165) is 35.6 Å². The summed E-state index contributed by atoms with van der Waals surface area (Å²) in [7, 11) is 0. The van der Waals surface area contributed by atoms with Crippen LogP contribution in [0.25, 0.3) is 0 Å². The van der Waals surface area contributed by atoms with Crippen LogP contribution >= 0.6 is 15.9 Å². The first-order valence-electron chi connectivity index (χ1n) is 6.31. The van der Waals surface area contributed by atoms with Gasteiger partial charge in [-0.2, -0.15) is 0 Å². The van der Waals surface area contributed by atoms with Crippen molar-refractivity contribution in [2.24, 2.45) is 5.92 Å². The van der Waals surface area contributed by atoms with E-state index < -0.39 is 0 Å². The molecule has 0 atom stereocenters. The smallest absolute Gasteiger partial charge is 0.120 e. The van der Waals surface area contributed by atoms with Crippen LogP contribution in [0.4, 0.5) is 0 Å². The summed E-state index contributed by atoms with van der Waals surface area (Å²) in [4.78, 5) is 0. The second-order valence-electron chi connectivity index (χ2n) is 4.73. The SMILES string of the molecule is OCCCc1cc(Br)cc(OCC2CCC2)c1. The van der Waals surface area contributed by atoms with Crippen molar-refractivity contribution in [1.29, 1.82) is 0 Å². The molecule has 3 heteroatoms. The Morgan fingerprint density at radius 2 is 2.12 bits per heavy atom. The van der Waals surface area contributed by atoms with Crippen molar-refractivity contribution in [2.75, 3.05) is 13.2 Å². The van der Waals surface area contributed by atoms with Gasteiger partial charge in [-0.25, -0.2) is 0 Å². The van der Waals surface area contributed by atoms with Gasteiger partial charge in [0.25, 0.3) is 0 Å². The number of aryl methyl sites for hydroxylation is 1. The van der Waals surface area contributed by atoms with Gasteiger partial charge in [0, 0.05) is 11.1 Å². The van der Waals surface area contributed by atoms with E-state index in [2.05, 4.69) is 28.1 Å². The zero-order valence-electron chi connectivity index (χ0n) is 9.99. The number of aliphatic hydroxyl groups excluding tert-OH is 1. The van der Waals surface area contributed by atoms with Crippen LogP contribution in [0.15, 0.2) is 22.7 Å². The van der Waals surface area contributed by atoms with Gasteiger partial charge in [-0.15, -0.1) is 0 Å². The van der Waals surface area contributed by atoms with E-state index in [1.54, 1.807) is 0 Å². The molecule has 0 saturated heterocycles. The summed E-state index contributed by atoms with van der Waals surface area (Å²) >= 11 is 3.50. The molecule has 0 aromatic heterocycles. The third-order valence-electron chi connectivity index (χ3n) is 3.27. The van der Waals surface area contributed by atoms with Gasteiger partial charge in [-0.3, -0.25) is 0 Å². The molecule has 1 aromatic rings. The molecule has 2 nitrogen and oxygen atoms in total. The molecule has 1 saturated carbocycles. The van der Waals surface area contributed by atoms with Crippen LogP contribution in [0, 0.1) is 5.92 Å². The monoisotopic (exact) mass is 298 g/mol. The number of hydrogen-bond donors (Lipinski definition) is 1. The van der Waals surface area contributed by atoms with Crippen LogP contribution in [-0.2, 0) is 6.42 Å². The van der Waals surface area contributed by atoms with E-state index in [0.29, 0.717) is 0 Å². The Hall–Kier alpha value is -0.540. The lowest BCUT2D eigenvalue weighted by Gasteiger charge is -2.25. The lowest BCUT2D eigenvalue weighted by atomic mass is 9.86. The zero-order chi connectivity index (χ0) is 12.1. The highest BCUT2D eigenvalue weighted by molar-refractivity contribution is 9.10. The molecular weight excluding hydrogens is 280 g/mol. The Kier molecular flexibility index (Phi) is 4.86. The third-order valence-corrected chi connectivity index (χ3v) is 3.72. The lowest BCUT2D eigenvalue weighted by Crippen LogP contribution is -2.19. The molecule has 0 radical (unpaired) electrons. The molecule has 1 aromatic carbocycles. The molecule has 1 N–H and O–H groups in total. The summed E-state index contributed by atoms with van der Waals surface area (Å²) in [5.74, 6) is 1.70. The van der Waals surface area contributed by atoms with E-state index in [9.17, 15) is 0 Å². The summed E-state index contributed by atoms with van der Waals surface area (Å²) in [5, 5.41) is 8.84. The van der Waals surface area contributed by atoms with Gasteiger partial charge >= 0.3 is 0 Å². The van der Waals surface area contributed by atoms with E-state index in [1.165, 1.54) is 24.8 Å². The summed E-state index contributed by atoms with van der Waals surface area (Å²) in [6.07, 6.45) is 5.68. The molecule has 0 heterocycles. The van der Waals surface area contributed by atoms with E-state index >= 15 is 0 Å². The van der Waals surface area contributed by atoms with Crippen LogP contribution in [0.1, 0.15) is 31.2 Å². The molecule has 0 amide bonds. The maximum Gasteiger partial charge on any atom is 0.120 e. The number of rotatable bonds is 6. The van der Waals surface area contributed by atoms with Crippen molar-refractivity contribution in [2.45, 2.75) is 32.1 Å². The number of ether oxygens (including phenoxy) is 1. The summed E-state index contributed by atoms with van der Waals surface area (Å²) < 4.78 is 6.87. The van der Waals surface area contributed by atoms with Gasteiger partial charge in [0.15, 0.2) is 0 Å². The highest BCUT2D eigenvalue weighted by Gasteiger charge is 2.17. The fourth-order valence-electron chi connectivity index (χ4n) is 2.01. The molecule has 1 fully saturated rings. The van der Waals surface area contributed by atoms with E-state index in [1.807, 2.05) is 6.07 Å². The molecule has 2 rings (SSSR count). The molecule has 94 valence electrons. The second-order valence-corrected chi connectivity index (χ2v) is 5.65. The Labute approximate surface area is 111 Å². The zero-order valence-corrected chi connectivity index (χ0v) is 11.6. The van der Waals surface area contributed by atoms with Gasteiger partial charge < -0.3 is 9.84 Å². The van der Waals surface area contributed by atoms with Crippen LogP contribution in [0.5, 0.6) is 5.75 Å². The minimum absolute atomic E-state index is 0.241. The second kappa shape index (κ2) is 6.41. The van der Waals surface area contributed by atoms with Crippen LogP contribution in [-0.4, -0.2) is 18.3 Å². The maximum absolute atomic E-state index is 8.84. The van der Waals surface area contributed by atoms with Gasteiger partial charge in [0.05, 0.1) is 6.61 Å². The molecular formula is C14H19BrO2. The van der Waals surface area contributed by atoms with E-state index in [-0.39, 0.29) is 6.61 Å². The molecule has 1 aliphatic rings. The summed E-state index contributed by atoms with van der Waals surface area (Å²) in [6.45, 7) is 1.08. The number of aliphatic hydroxyl groups is 1. The predicted octanol–water partition coefficient (Wildman–Crippen LogP) is 3.55. The highest BCUT2D eigenvalue weighted by atomic mass is 79.9. The minimum Gasteiger partial charge on any atom is -0.493 e. The Morgan fingerprint density at radius 3 is 2.76 bits per heavy atom. The quantitative estimate of drug-likeness (QED) is 0.870. The Balaban J connectivity index is 1.92. The molecule has 0 unspecified atom stereocenters. The van der Waals surface area contributed by atoms with Crippen molar-refractivity contribution in [3.05, 3.63) is 28.2 Å². The van der Waals surface area contributed by atoms with Gasteiger partial charge in [0.2, 0.25) is 0 Å². The van der Waals surface area contributed by atoms with Crippen LogP contribution in [0.2, 0.25) is 0 Å². The molecule has 0 spiro atoms. The number of benzene rings is 1. The molecule has 17 heavy (non-hydrogen) atoms. The maximum atomic E-state index is 8.84. The molecule has 1 aliphatic carbocycles. The average Bonchev–Trinajstić information content (AvgIpc) is 2.23. The standard InChI is InChI=1S/C14H19BrO2/c15-13-7-12(5-2-6-16)8-14(9-13)17-10-11-3-1-4-11/h7-9,11,16H,1-6,10H2. The van der Waals surface area contributed by atoms with Crippen molar-refractivity contribution in [1.82, 2.24) is 0 Å². The number of halogens is 1. The largest absolute Gasteiger partial charge is 0.493 e. The topological polar surface area (TPSA) is 29.5 Å². The van der Waals surface area contributed by atoms with Crippen molar-refractivity contribution >= 4 is 15.9 Å². The molecule has 0 bridgehead atoms. The fourth-order valence-corrected chi connectivity index (χ4v) is 2.52. The first kappa shape index (κ1) is 12.9. The highest BCUT2D eigenvalue weighted by Crippen LogP contribution is 2.28. The van der Waals surface area contributed by atoms with Crippen molar-refractivity contribution < 1.29 is 9.84 Å². The van der Waals surface area contributed by atoms with Gasteiger partial charge in [-0.1, -0.05) is 22.4 Å². The first-order chi connectivity index (χ1) is 8.28. The number of hydrogen-bond acceptors (Lipinski definition) is 2. The predicted molar refractivity (Wildman–Crippen MR) is 72.4 cm³/mol. The van der Waals surface area contributed by atoms with Crippen LogP contribution in [0.3, 0.4) is 0 Å². The minimum atomic E-state index is 0.241. The summed E-state index contributed by atoms with van der Waals surface area (Å²) in [6, 6.07) is 6.19. The van der Waals surface area contributed by atoms with Crippen LogP contribution < -0.4 is 4.74 Å². The van der Waals surface area contributed by atoms with Gasteiger partial charge in [0.1, 0.15) is 5.75 Å².